The van der Waals surface area contributed by atoms with Gasteiger partial charge in [0.2, 0.25) is 0 Å². The monoisotopic (exact) mass is 128 g/mol. The first-order chi connectivity index (χ1) is 4.33. The van der Waals surface area contributed by atoms with Crippen molar-refractivity contribution < 1.29 is 9.84 Å². The Morgan fingerprint density at radius 3 is 2.67 bits per heavy atom. The fraction of sp³-hybridized carbons (Fsp3) is 1.00. The second-order valence-corrected chi connectivity index (χ2v) is 3.15. The van der Waals surface area contributed by atoms with Crippen LogP contribution in [0.5, 0.6) is 0 Å². The van der Waals surface area contributed by atoms with E-state index in [1.54, 1.807) is 0 Å². The maximum atomic E-state index is 8.68. The van der Waals surface area contributed by atoms with E-state index in [0.29, 0.717) is 30.7 Å². The smallest absolute Gasteiger partial charge is 0.0870 e. The van der Waals surface area contributed by atoms with Crippen LogP contribution in [-0.4, -0.2) is 23.9 Å². The molecule has 0 spiro atoms. The number of hydrogen-bond acceptors (Lipinski definition) is 2. The lowest BCUT2D eigenvalue weighted by Gasteiger charge is -1.86. The van der Waals surface area contributed by atoms with E-state index in [9.17, 15) is 0 Å². The van der Waals surface area contributed by atoms with Crippen LogP contribution in [0.25, 0.3) is 0 Å². The van der Waals surface area contributed by atoms with Crippen molar-refractivity contribution in [3.63, 3.8) is 0 Å². The Bertz CT molecular complexity index is 124. The zero-order chi connectivity index (χ0) is 6.43. The molecule has 0 radical (unpaired) electrons. The summed E-state index contributed by atoms with van der Waals surface area (Å²) < 4.78 is 5.26. The van der Waals surface area contributed by atoms with Gasteiger partial charge in [0.05, 0.1) is 12.2 Å². The molecular weight excluding hydrogens is 116 g/mol. The normalized spacial score (nSPS) is 55.3. The zero-order valence-electron chi connectivity index (χ0n) is 5.58. The number of hydrogen-bond donors (Lipinski definition) is 1. The second-order valence-electron chi connectivity index (χ2n) is 3.15. The van der Waals surface area contributed by atoms with Crippen molar-refractivity contribution >= 4 is 0 Å². The summed E-state index contributed by atoms with van der Waals surface area (Å²) >= 11 is 0. The van der Waals surface area contributed by atoms with Gasteiger partial charge in [0.1, 0.15) is 0 Å². The lowest BCUT2D eigenvalue weighted by molar-refractivity contribution is 0.260. The summed E-state index contributed by atoms with van der Waals surface area (Å²) in [5.41, 5.74) is 0. The van der Waals surface area contributed by atoms with Crippen LogP contribution in [0, 0.1) is 11.8 Å². The minimum Gasteiger partial charge on any atom is -0.396 e. The van der Waals surface area contributed by atoms with E-state index >= 15 is 0 Å². The quantitative estimate of drug-likeness (QED) is 0.546. The third kappa shape index (κ3) is 0.864. The van der Waals surface area contributed by atoms with Crippen LogP contribution in [-0.2, 0) is 4.74 Å². The molecule has 1 aliphatic heterocycles. The van der Waals surface area contributed by atoms with Crippen LogP contribution in [0.15, 0.2) is 0 Å². The predicted octanol–water partition coefficient (Wildman–Crippen LogP) is 0.402. The van der Waals surface area contributed by atoms with Crippen LogP contribution in [0.3, 0.4) is 0 Å². The maximum Gasteiger partial charge on any atom is 0.0870 e. The molecule has 0 aromatic heterocycles. The maximum absolute atomic E-state index is 8.68. The molecule has 1 saturated carbocycles. The fourth-order valence-corrected chi connectivity index (χ4v) is 1.53. The third-order valence-electron chi connectivity index (χ3n) is 2.39. The van der Waals surface area contributed by atoms with Crippen molar-refractivity contribution in [3.8, 4) is 0 Å². The molecule has 0 bridgehead atoms. The second kappa shape index (κ2) is 1.70. The summed E-state index contributed by atoms with van der Waals surface area (Å²) in [5.74, 6) is 1.27. The molecule has 4 unspecified atom stereocenters. The number of epoxide rings is 1. The first-order valence-electron chi connectivity index (χ1n) is 3.59. The van der Waals surface area contributed by atoms with Crippen molar-refractivity contribution in [2.24, 2.45) is 11.8 Å². The summed E-state index contributed by atoms with van der Waals surface area (Å²) in [6.07, 6.45) is 2.17. The highest BCUT2D eigenvalue weighted by atomic mass is 16.6. The van der Waals surface area contributed by atoms with E-state index in [1.807, 2.05) is 0 Å². The van der Waals surface area contributed by atoms with Crippen LogP contribution in [0.2, 0.25) is 0 Å². The average Bonchev–Trinajstić information content (AvgIpc) is 2.61. The predicted molar refractivity (Wildman–Crippen MR) is 33.0 cm³/mol. The number of aliphatic hydroxyl groups excluding tert-OH is 1. The lowest BCUT2D eigenvalue weighted by Crippen LogP contribution is -1.97. The first-order valence-corrected chi connectivity index (χ1v) is 3.59. The van der Waals surface area contributed by atoms with Crippen LogP contribution >= 0.6 is 0 Å². The van der Waals surface area contributed by atoms with Gasteiger partial charge < -0.3 is 9.84 Å². The van der Waals surface area contributed by atoms with Crippen molar-refractivity contribution in [3.05, 3.63) is 0 Å². The van der Waals surface area contributed by atoms with Gasteiger partial charge in [-0.05, 0) is 25.2 Å². The number of ether oxygens (including phenoxy) is 1. The van der Waals surface area contributed by atoms with Crippen molar-refractivity contribution in [1.82, 2.24) is 0 Å². The van der Waals surface area contributed by atoms with Gasteiger partial charge in [-0.25, -0.2) is 0 Å². The SMILES string of the molecule is CC1OC1C1CC1CO. The Kier molecular flexibility index (Phi) is 1.08. The Labute approximate surface area is 54.8 Å². The van der Waals surface area contributed by atoms with Crippen LogP contribution in [0.4, 0.5) is 0 Å². The third-order valence-corrected chi connectivity index (χ3v) is 2.39. The molecule has 1 saturated heterocycles. The highest BCUT2D eigenvalue weighted by Gasteiger charge is 2.52. The first kappa shape index (κ1) is 5.69. The van der Waals surface area contributed by atoms with Gasteiger partial charge in [-0.3, -0.25) is 0 Å². The molecule has 52 valence electrons. The fourth-order valence-electron chi connectivity index (χ4n) is 1.53. The molecule has 2 rings (SSSR count). The number of rotatable bonds is 2. The van der Waals surface area contributed by atoms with E-state index in [-0.39, 0.29) is 0 Å². The molecule has 0 aromatic carbocycles. The molecule has 0 amide bonds. The average molecular weight is 128 g/mol. The van der Waals surface area contributed by atoms with Gasteiger partial charge in [0, 0.05) is 6.61 Å². The molecule has 1 N–H and O–H groups in total. The van der Waals surface area contributed by atoms with Gasteiger partial charge in [-0.1, -0.05) is 0 Å². The summed E-state index contributed by atoms with van der Waals surface area (Å²) in [6, 6.07) is 0. The van der Waals surface area contributed by atoms with E-state index in [1.165, 1.54) is 6.42 Å². The minimum atomic E-state index is 0.358. The Morgan fingerprint density at radius 2 is 2.33 bits per heavy atom. The highest BCUT2D eigenvalue weighted by Crippen LogP contribution is 2.48. The van der Waals surface area contributed by atoms with Gasteiger partial charge in [-0.2, -0.15) is 0 Å². The van der Waals surface area contributed by atoms with E-state index in [0.717, 1.165) is 0 Å². The molecular formula is C7H12O2. The van der Waals surface area contributed by atoms with Gasteiger partial charge >= 0.3 is 0 Å². The molecule has 2 aliphatic rings. The summed E-state index contributed by atoms with van der Waals surface area (Å²) in [6.45, 7) is 2.45. The Hall–Kier alpha value is -0.0800. The zero-order valence-corrected chi connectivity index (χ0v) is 5.58. The summed E-state index contributed by atoms with van der Waals surface area (Å²) in [5, 5.41) is 8.68. The number of aliphatic hydroxyl groups is 1. The van der Waals surface area contributed by atoms with Crippen molar-refractivity contribution in [2.75, 3.05) is 6.61 Å². The van der Waals surface area contributed by atoms with E-state index < -0.39 is 0 Å². The molecule has 2 heteroatoms. The van der Waals surface area contributed by atoms with Crippen molar-refractivity contribution in [1.29, 1.82) is 0 Å². The van der Waals surface area contributed by atoms with Gasteiger partial charge in [-0.15, -0.1) is 0 Å². The highest BCUT2D eigenvalue weighted by molar-refractivity contribution is 5.00. The molecule has 2 nitrogen and oxygen atoms in total. The van der Waals surface area contributed by atoms with Crippen molar-refractivity contribution in [2.45, 2.75) is 25.6 Å². The van der Waals surface area contributed by atoms with E-state index in [2.05, 4.69) is 6.92 Å². The van der Waals surface area contributed by atoms with Crippen LogP contribution in [0.1, 0.15) is 13.3 Å². The lowest BCUT2D eigenvalue weighted by atomic mass is 10.2. The Morgan fingerprint density at radius 1 is 1.67 bits per heavy atom. The molecule has 9 heavy (non-hydrogen) atoms. The minimum absolute atomic E-state index is 0.358. The molecule has 1 heterocycles. The van der Waals surface area contributed by atoms with Crippen LogP contribution < -0.4 is 0 Å². The van der Waals surface area contributed by atoms with Gasteiger partial charge in [0.25, 0.3) is 0 Å². The van der Waals surface area contributed by atoms with E-state index in [4.69, 9.17) is 9.84 Å². The van der Waals surface area contributed by atoms with Gasteiger partial charge in [0.15, 0.2) is 0 Å². The molecule has 2 fully saturated rings. The topological polar surface area (TPSA) is 32.8 Å². The summed E-state index contributed by atoms with van der Waals surface area (Å²) in [7, 11) is 0. The molecule has 1 aliphatic carbocycles. The summed E-state index contributed by atoms with van der Waals surface area (Å²) in [4.78, 5) is 0. The largest absolute Gasteiger partial charge is 0.396 e. The Balaban J connectivity index is 1.79. The molecule has 4 atom stereocenters. The molecule has 0 aromatic rings. The standard InChI is InChI=1S/C7H12O2/c1-4-7(9-4)6-2-5(6)3-8/h4-8H,2-3H2,1H3.